The monoisotopic (exact) mass is 411 g/mol. The van der Waals surface area contributed by atoms with Crippen LogP contribution in [-0.4, -0.2) is 38.1 Å². The van der Waals surface area contributed by atoms with E-state index in [-0.39, 0.29) is 0 Å². The number of pyridine rings is 1. The Morgan fingerprint density at radius 1 is 1.20 bits per heavy atom. The molecule has 0 spiro atoms. The summed E-state index contributed by atoms with van der Waals surface area (Å²) in [5.74, 6) is 7.72. The van der Waals surface area contributed by atoms with Gasteiger partial charge in [-0.15, -0.1) is 5.10 Å². The van der Waals surface area contributed by atoms with Crippen molar-refractivity contribution >= 4 is 5.70 Å². The highest BCUT2D eigenvalue weighted by molar-refractivity contribution is 5.63. The summed E-state index contributed by atoms with van der Waals surface area (Å²) in [6, 6.07) is 3.89. The highest BCUT2D eigenvalue weighted by atomic mass is 16.5. The molecule has 0 atom stereocenters. The smallest absolute Gasteiger partial charge is 0.140 e. The van der Waals surface area contributed by atoms with Crippen LogP contribution in [0.1, 0.15) is 62.0 Å². The molecule has 2 heterocycles. The van der Waals surface area contributed by atoms with Crippen LogP contribution in [-0.2, 0) is 13.0 Å². The van der Waals surface area contributed by atoms with Crippen molar-refractivity contribution in [2.75, 3.05) is 7.05 Å². The molecule has 8 heteroatoms. The molecule has 30 heavy (non-hydrogen) atoms. The number of nitrogens with two attached hydrogens (primary N) is 2. The Hall–Kier alpha value is -2.61. The lowest BCUT2D eigenvalue weighted by molar-refractivity contribution is 0.153. The van der Waals surface area contributed by atoms with Gasteiger partial charge < -0.3 is 15.5 Å². The molecule has 4 rings (SSSR count). The van der Waals surface area contributed by atoms with Crippen molar-refractivity contribution in [2.24, 2.45) is 17.5 Å². The highest BCUT2D eigenvalue weighted by Crippen LogP contribution is 2.32. The van der Waals surface area contributed by atoms with Crippen molar-refractivity contribution in [3.63, 3.8) is 0 Å². The summed E-state index contributed by atoms with van der Waals surface area (Å²) in [5, 5.41) is 9.88. The molecule has 0 aliphatic heterocycles. The first kappa shape index (κ1) is 20.7. The quantitative estimate of drug-likeness (QED) is 0.508. The fourth-order valence-electron chi connectivity index (χ4n) is 4.05. The first-order valence-corrected chi connectivity index (χ1v) is 11.0. The topological polar surface area (TPSA) is 108 Å². The van der Waals surface area contributed by atoms with Gasteiger partial charge in [0.25, 0.3) is 0 Å². The number of aryl methyl sites for hydroxylation is 1. The van der Waals surface area contributed by atoms with Gasteiger partial charge in [-0.05, 0) is 69.9 Å². The predicted molar refractivity (Wildman–Crippen MR) is 116 cm³/mol. The summed E-state index contributed by atoms with van der Waals surface area (Å²) in [7, 11) is 1.78. The number of likely N-dealkylation sites (N-methyl/N-ethyl adjacent to an activating group) is 1. The first-order chi connectivity index (χ1) is 14.5. The summed E-state index contributed by atoms with van der Waals surface area (Å²) >= 11 is 0. The molecular formula is C22H33N7O. The van der Waals surface area contributed by atoms with Crippen molar-refractivity contribution in [2.45, 2.75) is 70.9 Å². The Balaban J connectivity index is 1.53. The maximum Gasteiger partial charge on any atom is 0.140 e. The van der Waals surface area contributed by atoms with Gasteiger partial charge in [0.15, 0.2) is 0 Å². The van der Waals surface area contributed by atoms with Crippen molar-refractivity contribution in [1.29, 1.82) is 0 Å². The summed E-state index contributed by atoms with van der Waals surface area (Å²) < 4.78 is 8.08. The lowest BCUT2D eigenvalue weighted by Gasteiger charge is -2.24. The zero-order chi connectivity index (χ0) is 21.1. The van der Waals surface area contributed by atoms with E-state index in [4.69, 9.17) is 21.3 Å². The largest absolute Gasteiger partial charge is 0.489 e. The summed E-state index contributed by atoms with van der Waals surface area (Å²) in [6.07, 6.45) is 11.7. The van der Waals surface area contributed by atoms with E-state index in [1.165, 1.54) is 32.1 Å². The molecule has 0 unspecified atom stereocenters. The number of hydrazine groups is 1. The van der Waals surface area contributed by atoms with Gasteiger partial charge in [-0.3, -0.25) is 0 Å². The Morgan fingerprint density at radius 3 is 2.63 bits per heavy atom. The van der Waals surface area contributed by atoms with Crippen molar-refractivity contribution in [3.05, 3.63) is 41.1 Å². The molecule has 0 amide bonds. The molecule has 0 bridgehead atoms. The third-order valence-electron chi connectivity index (χ3n) is 6.09. The van der Waals surface area contributed by atoms with Crippen LogP contribution >= 0.6 is 0 Å². The van der Waals surface area contributed by atoms with Gasteiger partial charge >= 0.3 is 0 Å². The number of hydrogen-bond acceptors (Lipinski definition) is 7. The molecule has 0 saturated heterocycles. The molecule has 2 aliphatic carbocycles. The van der Waals surface area contributed by atoms with Crippen LogP contribution in [0.3, 0.4) is 0 Å². The van der Waals surface area contributed by atoms with Crippen molar-refractivity contribution in [3.8, 4) is 5.75 Å². The fraction of sp³-hybridized carbons (Fsp3) is 0.591. The highest BCUT2D eigenvalue weighted by Gasteiger charge is 2.24. The maximum atomic E-state index is 6.52. The van der Waals surface area contributed by atoms with E-state index >= 15 is 0 Å². The average molecular weight is 412 g/mol. The number of rotatable bonds is 8. The van der Waals surface area contributed by atoms with E-state index in [9.17, 15) is 0 Å². The van der Waals surface area contributed by atoms with Gasteiger partial charge in [0.1, 0.15) is 5.75 Å². The van der Waals surface area contributed by atoms with E-state index in [1.54, 1.807) is 12.1 Å². The SMILES string of the molecule is Cc1nc(/C(N)=C(\Cn2nncc2CC2CC2)N(C)N)ccc1OC1CCCCC1. The molecule has 2 aromatic rings. The number of nitrogens with zero attached hydrogens (tertiary/aromatic N) is 5. The minimum absolute atomic E-state index is 0.293. The number of aromatic nitrogens is 4. The molecule has 0 radical (unpaired) electrons. The van der Waals surface area contributed by atoms with Crippen molar-refractivity contribution in [1.82, 2.24) is 25.0 Å². The van der Waals surface area contributed by atoms with Gasteiger partial charge in [0.2, 0.25) is 0 Å². The molecule has 0 aromatic carbocycles. The van der Waals surface area contributed by atoms with Gasteiger partial charge in [0, 0.05) is 7.05 Å². The first-order valence-electron chi connectivity index (χ1n) is 11.0. The number of ether oxygens (including phenoxy) is 1. The molecule has 2 saturated carbocycles. The lowest BCUT2D eigenvalue weighted by Crippen LogP contribution is -2.31. The lowest BCUT2D eigenvalue weighted by atomic mass is 9.98. The van der Waals surface area contributed by atoms with Crippen LogP contribution in [0.25, 0.3) is 5.70 Å². The molecule has 2 fully saturated rings. The Bertz CT molecular complexity index is 895. The second-order valence-corrected chi connectivity index (χ2v) is 8.66. The molecule has 2 aromatic heterocycles. The Morgan fingerprint density at radius 2 is 1.97 bits per heavy atom. The van der Waals surface area contributed by atoms with E-state index in [1.807, 2.05) is 29.9 Å². The minimum Gasteiger partial charge on any atom is -0.489 e. The van der Waals surface area contributed by atoms with E-state index in [2.05, 4.69) is 10.3 Å². The molecule has 4 N–H and O–H groups in total. The van der Waals surface area contributed by atoms with Crippen LogP contribution in [0.4, 0.5) is 0 Å². The molecule has 162 valence electrons. The molecule has 2 aliphatic rings. The molecular weight excluding hydrogens is 378 g/mol. The van der Waals surface area contributed by atoms with E-state index in [0.717, 1.165) is 48.0 Å². The normalized spacial score (nSPS) is 18.2. The van der Waals surface area contributed by atoms with Crippen LogP contribution in [0.2, 0.25) is 0 Å². The van der Waals surface area contributed by atoms with Gasteiger partial charge in [-0.2, -0.15) is 0 Å². The second-order valence-electron chi connectivity index (χ2n) is 8.66. The van der Waals surface area contributed by atoms with Crippen LogP contribution in [0.5, 0.6) is 5.75 Å². The minimum atomic E-state index is 0.293. The summed E-state index contributed by atoms with van der Waals surface area (Å²) in [6.45, 7) is 2.42. The average Bonchev–Trinajstić information content (AvgIpc) is 3.45. The van der Waals surface area contributed by atoms with Crippen LogP contribution in [0, 0.1) is 12.8 Å². The predicted octanol–water partition coefficient (Wildman–Crippen LogP) is 2.78. The zero-order valence-electron chi connectivity index (χ0n) is 18.0. The fourth-order valence-corrected chi connectivity index (χ4v) is 4.05. The van der Waals surface area contributed by atoms with Crippen molar-refractivity contribution < 1.29 is 4.74 Å². The molecule has 8 nitrogen and oxygen atoms in total. The standard InChI is InChI=1S/C22H33N7O/c1-15-21(30-18-6-4-3-5-7-18)11-10-19(26-15)22(23)20(28(2)24)14-29-17(13-25-27-29)12-16-8-9-16/h10-11,13,16,18H,3-9,12,14,23-24H2,1-2H3/b22-20-. The van der Waals surface area contributed by atoms with Crippen LogP contribution in [0.15, 0.2) is 24.0 Å². The maximum absolute atomic E-state index is 6.52. The third-order valence-corrected chi connectivity index (χ3v) is 6.09. The van der Waals surface area contributed by atoms with Gasteiger partial charge in [0.05, 0.1) is 47.3 Å². The summed E-state index contributed by atoms with van der Waals surface area (Å²) in [5.41, 5.74) is 10.5. The Kier molecular flexibility index (Phi) is 6.22. The van der Waals surface area contributed by atoms with E-state index in [0.29, 0.717) is 24.0 Å². The van der Waals surface area contributed by atoms with Gasteiger partial charge in [-0.1, -0.05) is 11.6 Å². The number of hydrogen-bond donors (Lipinski definition) is 2. The second kappa shape index (κ2) is 9.04. The number of allylic oxidation sites excluding steroid dienone is 1. The third kappa shape index (κ3) is 4.92. The Labute approximate surface area is 178 Å². The summed E-state index contributed by atoms with van der Waals surface area (Å²) in [4.78, 5) is 4.72. The zero-order valence-corrected chi connectivity index (χ0v) is 18.0. The van der Waals surface area contributed by atoms with Crippen LogP contribution < -0.4 is 16.3 Å². The van der Waals surface area contributed by atoms with E-state index < -0.39 is 0 Å². The van der Waals surface area contributed by atoms with Gasteiger partial charge in [-0.25, -0.2) is 15.5 Å².